The highest BCUT2D eigenvalue weighted by Gasteiger charge is 2.15. The van der Waals surface area contributed by atoms with Gasteiger partial charge in [0, 0.05) is 12.6 Å². The Labute approximate surface area is 110 Å². The molecule has 0 spiro atoms. The summed E-state index contributed by atoms with van der Waals surface area (Å²) in [7, 11) is 0. The lowest BCUT2D eigenvalue weighted by molar-refractivity contribution is 0.226. The maximum absolute atomic E-state index is 11.8. The standard InChI is InChI=1S/C11H18ClN3O3/c1-7(6-17)8(2)14-9-5-13-15(3-4-16)11(18)10(9)12/h5,7-8,14,16-17H,3-4,6H2,1-2H3. The van der Waals surface area contributed by atoms with Crippen LogP contribution in [-0.4, -0.2) is 39.2 Å². The van der Waals surface area contributed by atoms with Crippen molar-refractivity contribution >= 4 is 17.3 Å². The van der Waals surface area contributed by atoms with Crippen LogP contribution < -0.4 is 10.9 Å². The van der Waals surface area contributed by atoms with E-state index in [0.29, 0.717) is 5.69 Å². The molecule has 0 aliphatic carbocycles. The number of halogens is 1. The van der Waals surface area contributed by atoms with Crippen molar-refractivity contribution in [3.05, 3.63) is 21.6 Å². The Morgan fingerprint density at radius 2 is 2.17 bits per heavy atom. The number of nitrogens with one attached hydrogen (secondary N) is 1. The molecule has 0 aliphatic rings. The van der Waals surface area contributed by atoms with Crippen LogP contribution in [0.3, 0.4) is 0 Å². The molecule has 18 heavy (non-hydrogen) atoms. The predicted molar refractivity (Wildman–Crippen MR) is 69.9 cm³/mol. The van der Waals surface area contributed by atoms with Gasteiger partial charge in [-0.25, -0.2) is 4.68 Å². The highest BCUT2D eigenvalue weighted by Crippen LogP contribution is 2.18. The molecule has 0 fully saturated rings. The monoisotopic (exact) mass is 275 g/mol. The average Bonchev–Trinajstić information content (AvgIpc) is 2.37. The van der Waals surface area contributed by atoms with Gasteiger partial charge >= 0.3 is 0 Å². The minimum absolute atomic E-state index is 0.0286. The summed E-state index contributed by atoms with van der Waals surface area (Å²) >= 11 is 5.95. The van der Waals surface area contributed by atoms with Crippen molar-refractivity contribution in [2.45, 2.75) is 26.4 Å². The summed E-state index contributed by atoms with van der Waals surface area (Å²) < 4.78 is 1.10. The quantitative estimate of drug-likeness (QED) is 0.696. The van der Waals surface area contributed by atoms with Crippen molar-refractivity contribution in [1.82, 2.24) is 9.78 Å². The van der Waals surface area contributed by atoms with E-state index in [1.807, 2.05) is 13.8 Å². The van der Waals surface area contributed by atoms with E-state index in [0.717, 1.165) is 4.68 Å². The zero-order valence-electron chi connectivity index (χ0n) is 10.4. The van der Waals surface area contributed by atoms with Crippen LogP contribution >= 0.6 is 11.6 Å². The van der Waals surface area contributed by atoms with Crippen molar-refractivity contribution in [2.75, 3.05) is 18.5 Å². The first kappa shape index (κ1) is 14.9. The normalized spacial score (nSPS) is 14.3. The molecule has 102 valence electrons. The Hall–Kier alpha value is -1.11. The van der Waals surface area contributed by atoms with Crippen LogP contribution in [0.5, 0.6) is 0 Å². The number of hydrogen-bond acceptors (Lipinski definition) is 5. The minimum Gasteiger partial charge on any atom is -0.396 e. The second-order valence-corrected chi connectivity index (χ2v) is 4.59. The van der Waals surface area contributed by atoms with Crippen molar-refractivity contribution in [3.8, 4) is 0 Å². The van der Waals surface area contributed by atoms with E-state index in [2.05, 4.69) is 10.4 Å². The minimum atomic E-state index is -0.445. The van der Waals surface area contributed by atoms with Gasteiger partial charge in [0.05, 0.1) is 25.0 Å². The summed E-state index contributed by atoms with van der Waals surface area (Å²) in [5.74, 6) is 0.0286. The van der Waals surface area contributed by atoms with Gasteiger partial charge < -0.3 is 15.5 Å². The first-order valence-electron chi connectivity index (χ1n) is 5.75. The van der Waals surface area contributed by atoms with Crippen LogP contribution in [0.2, 0.25) is 5.02 Å². The van der Waals surface area contributed by atoms with E-state index in [1.54, 1.807) is 0 Å². The molecule has 0 aliphatic heterocycles. The number of anilines is 1. The fraction of sp³-hybridized carbons (Fsp3) is 0.636. The molecule has 0 saturated carbocycles. The summed E-state index contributed by atoms with van der Waals surface area (Å²) in [6.07, 6.45) is 1.44. The van der Waals surface area contributed by atoms with Gasteiger partial charge in [-0.2, -0.15) is 5.10 Å². The molecule has 1 rings (SSSR count). The molecule has 2 atom stereocenters. The molecule has 0 amide bonds. The third kappa shape index (κ3) is 3.44. The Balaban J connectivity index is 2.92. The molecular formula is C11H18ClN3O3. The summed E-state index contributed by atoms with van der Waals surface area (Å²) in [5.41, 5.74) is -0.0109. The molecule has 7 heteroatoms. The smallest absolute Gasteiger partial charge is 0.287 e. The van der Waals surface area contributed by atoms with Crippen LogP contribution in [0.4, 0.5) is 5.69 Å². The molecule has 1 heterocycles. The molecule has 1 aromatic heterocycles. The predicted octanol–water partition coefficient (Wildman–Crippen LogP) is 0.318. The molecule has 0 radical (unpaired) electrons. The van der Waals surface area contributed by atoms with Crippen molar-refractivity contribution < 1.29 is 10.2 Å². The van der Waals surface area contributed by atoms with Crippen molar-refractivity contribution in [2.24, 2.45) is 5.92 Å². The van der Waals surface area contributed by atoms with Crippen LogP contribution in [0.25, 0.3) is 0 Å². The van der Waals surface area contributed by atoms with Gasteiger partial charge in [0.25, 0.3) is 5.56 Å². The maximum atomic E-state index is 11.8. The second kappa shape index (κ2) is 6.72. The van der Waals surface area contributed by atoms with Gasteiger partial charge in [0.15, 0.2) is 0 Å². The third-order valence-electron chi connectivity index (χ3n) is 2.82. The third-order valence-corrected chi connectivity index (χ3v) is 3.19. The van der Waals surface area contributed by atoms with Crippen LogP contribution in [0.1, 0.15) is 13.8 Å². The van der Waals surface area contributed by atoms with Gasteiger partial charge in [0.1, 0.15) is 5.02 Å². The van der Waals surface area contributed by atoms with Crippen molar-refractivity contribution in [1.29, 1.82) is 0 Å². The second-order valence-electron chi connectivity index (χ2n) is 4.22. The summed E-state index contributed by atoms with van der Waals surface area (Å²) in [6, 6.07) is -0.0395. The number of aromatic nitrogens is 2. The largest absolute Gasteiger partial charge is 0.396 e. The molecule has 1 aromatic rings. The van der Waals surface area contributed by atoms with Crippen LogP contribution in [-0.2, 0) is 6.54 Å². The Bertz CT molecular complexity index is 450. The molecule has 6 nitrogen and oxygen atoms in total. The number of aliphatic hydroxyl groups excluding tert-OH is 2. The van der Waals surface area contributed by atoms with E-state index in [9.17, 15) is 4.79 Å². The molecule has 0 saturated heterocycles. The molecule has 0 aromatic carbocycles. The van der Waals surface area contributed by atoms with E-state index in [-0.39, 0.29) is 36.7 Å². The van der Waals surface area contributed by atoms with Crippen LogP contribution in [0.15, 0.2) is 11.0 Å². The fourth-order valence-electron chi connectivity index (χ4n) is 1.37. The van der Waals surface area contributed by atoms with E-state index in [1.165, 1.54) is 6.20 Å². The number of nitrogens with zero attached hydrogens (tertiary/aromatic N) is 2. The number of aliphatic hydroxyl groups is 2. The van der Waals surface area contributed by atoms with E-state index < -0.39 is 5.56 Å². The topological polar surface area (TPSA) is 87.4 Å². The van der Waals surface area contributed by atoms with Crippen molar-refractivity contribution in [3.63, 3.8) is 0 Å². The number of rotatable bonds is 6. The van der Waals surface area contributed by atoms with Gasteiger partial charge in [0.2, 0.25) is 0 Å². The Morgan fingerprint density at radius 1 is 1.50 bits per heavy atom. The fourth-order valence-corrected chi connectivity index (χ4v) is 1.57. The summed E-state index contributed by atoms with van der Waals surface area (Å²) in [5, 5.41) is 24.8. The van der Waals surface area contributed by atoms with E-state index in [4.69, 9.17) is 21.8 Å². The number of hydrogen-bond donors (Lipinski definition) is 3. The molecule has 2 unspecified atom stereocenters. The lowest BCUT2D eigenvalue weighted by Crippen LogP contribution is -2.30. The highest BCUT2D eigenvalue weighted by molar-refractivity contribution is 6.32. The highest BCUT2D eigenvalue weighted by atomic mass is 35.5. The molecular weight excluding hydrogens is 258 g/mol. The zero-order chi connectivity index (χ0) is 13.7. The van der Waals surface area contributed by atoms with Gasteiger partial charge in [-0.05, 0) is 12.8 Å². The zero-order valence-corrected chi connectivity index (χ0v) is 11.2. The first-order chi connectivity index (χ1) is 8.51. The maximum Gasteiger partial charge on any atom is 0.287 e. The molecule has 3 N–H and O–H groups in total. The lowest BCUT2D eigenvalue weighted by atomic mass is 10.1. The van der Waals surface area contributed by atoms with Gasteiger partial charge in [-0.15, -0.1) is 0 Å². The van der Waals surface area contributed by atoms with Crippen LogP contribution in [0, 0.1) is 5.92 Å². The Morgan fingerprint density at radius 3 is 2.72 bits per heavy atom. The summed E-state index contributed by atoms with van der Waals surface area (Å²) in [6.45, 7) is 3.75. The van der Waals surface area contributed by atoms with E-state index >= 15 is 0 Å². The summed E-state index contributed by atoms with van der Waals surface area (Å²) in [4.78, 5) is 11.8. The molecule has 0 bridgehead atoms. The first-order valence-corrected chi connectivity index (χ1v) is 6.13. The van der Waals surface area contributed by atoms with Gasteiger partial charge in [-0.1, -0.05) is 18.5 Å². The lowest BCUT2D eigenvalue weighted by Gasteiger charge is -2.21. The Kier molecular flexibility index (Phi) is 5.58. The average molecular weight is 276 g/mol. The van der Waals surface area contributed by atoms with Gasteiger partial charge in [-0.3, -0.25) is 4.79 Å². The SMILES string of the molecule is CC(CO)C(C)Nc1cnn(CCO)c(=O)c1Cl.